The van der Waals surface area contributed by atoms with Crippen molar-refractivity contribution in [1.29, 1.82) is 0 Å². The summed E-state index contributed by atoms with van der Waals surface area (Å²) in [6.07, 6.45) is 8.36. The minimum absolute atomic E-state index is 0.0162. The van der Waals surface area contributed by atoms with Crippen molar-refractivity contribution >= 4 is 11.7 Å². The first-order valence-electron chi connectivity index (χ1n) is 11.1. The Balaban J connectivity index is 1.26. The number of methoxy groups -OCH3 is 1. The SMILES string of the molecule is COC1CC(C(=O)NCCc2ccc3c(c2)OCCO3)N(c2cnc(-n3ccnc3)n2C)C1. The third kappa shape index (κ3) is 4.25. The highest BCUT2D eigenvalue weighted by Gasteiger charge is 2.38. The highest BCUT2D eigenvalue weighted by Crippen LogP contribution is 2.31. The third-order valence-corrected chi connectivity index (χ3v) is 6.19. The number of carbonyl (C=O) groups excluding carboxylic acids is 1. The first-order valence-corrected chi connectivity index (χ1v) is 11.1. The second kappa shape index (κ2) is 9.14. The summed E-state index contributed by atoms with van der Waals surface area (Å²) in [4.78, 5) is 23.9. The van der Waals surface area contributed by atoms with E-state index in [1.807, 2.05) is 40.6 Å². The van der Waals surface area contributed by atoms with Gasteiger partial charge in [-0.1, -0.05) is 6.07 Å². The number of rotatable bonds is 7. The number of anilines is 1. The quantitative estimate of drug-likeness (QED) is 0.578. The van der Waals surface area contributed by atoms with Crippen molar-refractivity contribution in [1.82, 2.24) is 24.4 Å². The van der Waals surface area contributed by atoms with Gasteiger partial charge in [-0.3, -0.25) is 13.9 Å². The lowest BCUT2D eigenvalue weighted by Crippen LogP contribution is -2.44. The molecule has 2 atom stereocenters. The summed E-state index contributed by atoms with van der Waals surface area (Å²) < 4.78 is 20.6. The fraction of sp³-hybridized carbons (Fsp3) is 0.435. The fourth-order valence-corrected chi connectivity index (χ4v) is 4.44. The van der Waals surface area contributed by atoms with Crippen molar-refractivity contribution in [2.75, 3.05) is 38.3 Å². The molecule has 2 aliphatic heterocycles. The molecule has 1 fully saturated rings. The van der Waals surface area contributed by atoms with Crippen LogP contribution in [0.1, 0.15) is 12.0 Å². The summed E-state index contributed by atoms with van der Waals surface area (Å²) in [5, 5.41) is 3.10. The van der Waals surface area contributed by atoms with Gasteiger partial charge < -0.3 is 24.4 Å². The van der Waals surface area contributed by atoms with Gasteiger partial charge in [0.15, 0.2) is 11.5 Å². The van der Waals surface area contributed by atoms with E-state index < -0.39 is 0 Å². The Hall–Kier alpha value is -3.53. The number of fused-ring (bicyclic) bond motifs is 1. The average Bonchev–Trinajstić information content (AvgIpc) is 3.58. The van der Waals surface area contributed by atoms with Gasteiger partial charge in [-0.05, 0) is 24.1 Å². The molecular formula is C23H28N6O4. The molecule has 2 aliphatic rings. The second-order valence-electron chi connectivity index (χ2n) is 8.23. The minimum atomic E-state index is -0.332. The van der Waals surface area contributed by atoms with Crippen LogP contribution in [0.4, 0.5) is 5.82 Å². The Bertz CT molecular complexity index is 1110. The van der Waals surface area contributed by atoms with Gasteiger partial charge >= 0.3 is 0 Å². The summed E-state index contributed by atoms with van der Waals surface area (Å²) in [6, 6.07) is 5.58. The van der Waals surface area contributed by atoms with E-state index in [2.05, 4.69) is 20.2 Å². The number of hydrogen-bond acceptors (Lipinski definition) is 7. The molecule has 1 amide bonds. The van der Waals surface area contributed by atoms with Crippen molar-refractivity contribution in [3.05, 3.63) is 48.7 Å². The van der Waals surface area contributed by atoms with Crippen LogP contribution in [0.2, 0.25) is 0 Å². The maximum atomic E-state index is 13.2. The van der Waals surface area contributed by atoms with Crippen LogP contribution >= 0.6 is 0 Å². The number of ether oxygens (including phenoxy) is 3. The predicted molar refractivity (Wildman–Crippen MR) is 121 cm³/mol. The largest absolute Gasteiger partial charge is 0.486 e. The molecule has 2 aromatic heterocycles. The van der Waals surface area contributed by atoms with Gasteiger partial charge in [0.1, 0.15) is 31.4 Å². The van der Waals surface area contributed by atoms with Gasteiger partial charge in [0.05, 0.1) is 12.3 Å². The highest BCUT2D eigenvalue weighted by molar-refractivity contribution is 5.85. The highest BCUT2D eigenvalue weighted by atomic mass is 16.6. The normalized spacial score (nSPS) is 19.6. The monoisotopic (exact) mass is 452 g/mol. The number of aromatic nitrogens is 4. The van der Waals surface area contributed by atoms with Crippen molar-refractivity contribution in [3.8, 4) is 17.4 Å². The molecule has 0 radical (unpaired) electrons. The number of hydrogen-bond donors (Lipinski definition) is 1. The zero-order valence-corrected chi connectivity index (χ0v) is 18.8. The molecule has 5 rings (SSSR count). The lowest BCUT2D eigenvalue weighted by Gasteiger charge is -2.25. The molecule has 1 N–H and O–H groups in total. The van der Waals surface area contributed by atoms with E-state index in [1.54, 1.807) is 25.8 Å². The predicted octanol–water partition coefficient (Wildman–Crippen LogP) is 1.33. The Labute approximate surface area is 192 Å². The molecule has 4 heterocycles. The van der Waals surface area contributed by atoms with Crippen LogP contribution in [-0.2, 0) is 23.0 Å². The van der Waals surface area contributed by atoms with E-state index in [-0.39, 0.29) is 18.1 Å². The van der Waals surface area contributed by atoms with Crippen LogP contribution < -0.4 is 19.7 Å². The Morgan fingerprint density at radius 1 is 1.27 bits per heavy atom. The molecule has 0 bridgehead atoms. The third-order valence-electron chi connectivity index (χ3n) is 6.19. The minimum Gasteiger partial charge on any atom is -0.486 e. The molecule has 1 saturated heterocycles. The molecule has 10 nitrogen and oxygen atoms in total. The van der Waals surface area contributed by atoms with Crippen LogP contribution in [0, 0.1) is 0 Å². The topological polar surface area (TPSA) is 95.7 Å². The summed E-state index contributed by atoms with van der Waals surface area (Å²) in [5.41, 5.74) is 1.09. The summed E-state index contributed by atoms with van der Waals surface area (Å²) in [7, 11) is 3.62. The van der Waals surface area contributed by atoms with E-state index in [9.17, 15) is 4.79 Å². The maximum Gasteiger partial charge on any atom is 0.242 e. The number of benzene rings is 1. The van der Waals surface area contributed by atoms with Gasteiger partial charge in [0, 0.05) is 46.1 Å². The smallest absolute Gasteiger partial charge is 0.242 e. The molecule has 174 valence electrons. The number of carbonyl (C=O) groups is 1. The second-order valence-corrected chi connectivity index (χ2v) is 8.23. The first kappa shape index (κ1) is 21.3. The van der Waals surface area contributed by atoms with E-state index in [0.29, 0.717) is 39.1 Å². The zero-order valence-electron chi connectivity index (χ0n) is 18.8. The van der Waals surface area contributed by atoms with E-state index in [0.717, 1.165) is 28.8 Å². The first-order chi connectivity index (χ1) is 16.1. The van der Waals surface area contributed by atoms with Crippen LogP contribution in [0.25, 0.3) is 5.95 Å². The van der Waals surface area contributed by atoms with E-state index in [1.165, 1.54) is 0 Å². The van der Waals surface area contributed by atoms with Crippen LogP contribution in [0.15, 0.2) is 43.1 Å². The molecule has 2 unspecified atom stereocenters. The number of imidazole rings is 2. The molecule has 0 spiro atoms. The molecular weight excluding hydrogens is 424 g/mol. The Kier molecular flexibility index (Phi) is 5.91. The Morgan fingerprint density at radius 2 is 2.12 bits per heavy atom. The van der Waals surface area contributed by atoms with Gasteiger partial charge in [-0.15, -0.1) is 0 Å². The van der Waals surface area contributed by atoms with Crippen LogP contribution in [0.3, 0.4) is 0 Å². The lowest BCUT2D eigenvalue weighted by molar-refractivity contribution is -0.122. The number of amides is 1. The fourth-order valence-electron chi connectivity index (χ4n) is 4.44. The van der Waals surface area contributed by atoms with Gasteiger partial charge in [0.25, 0.3) is 0 Å². The molecule has 3 aromatic rings. The van der Waals surface area contributed by atoms with Gasteiger partial charge in [0.2, 0.25) is 11.9 Å². The van der Waals surface area contributed by atoms with Crippen molar-refractivity contribution < 1.29 is 19.0 Å². The summed E-state index contributed by atoms with van der Waals surface area (Å²) in [6.45, 7) is 2.29. The lowest BCUT2D eigenvalue weighted by atomic mass is 10.1. The van der Waals surface area contributed by atoms with Crippen LogP contribution in [0.5, 0.6) is 11.5 Å². The molecule has 0 saturated carbocycles. The standard InChI is InChI=1S/C23H28N6O4/c1-27-21(13-26-23(27)28-8-7-24-15-28)29-14-17(31-2)12-18(29)22(30)25-6-5-16-3-4-19-20(11-16)33-10-9-32-19/h3-4,7-8,11,13,15,17-18H,5-6,9-10,12,14H2,1-2H3,(H,25,30). The maximum absolute atomic E-state index is 13.2. The zero-order chi connectivity index (χ0) is 22.8. The van der Waals surface area contributed by atoms with E-state index in [4.69, 9.17) is 14.2 Å². The van der Waals surface area contributed by atoms with E-state index >= 15 is 0 Å². The van der Waals surface area contributed by atoms with Crippen LogP contribution in [-0.4, -0.2) is 70.6 Å². The molecule has 0 aliphatic carbocycles. The summed E-state index contributed by atoms with van der Waals surface area (Å²) >= 11 is 0. The summed E-state index contributed by atoms with van der Waals surface area (Å²) in [5.74, 6) is 3.12. The van der Waals surface area contributed by atoms with Gasteiger partial charge in [-0.25, -0.2) is 9.97 Å². The molecule has 1 aromatic carbocycles. The molecule has 10 heteroatoms. The number of nitrogens with zero attached hydrogens (tertiary/aromatic N) is 5. The molecule has 33 heavy (non-hydrogen) atoms. The Morgan fingerprint density at radius 3 is 2.91 bits per heavy atom. The van der Waals surface area contributed by atoms with Crippen molar-refractivity contribution in [2.45, 2.75) is 25.0 Å². The van der Waals surface area contributed by atoms with Gasteiger partial charge in [-0.2, -0.15) is 0 Å². The number of nitrogens with one attached hydrogen (secondary N) is 1. The van der Waals surface area contributed by atoms with Crippen molar-refractivity contribution in [2.24, 2.45) is 7.05 Å². The van der Waals surface area contributed by atoms with Crippen molar-refractivity contribution in [3.63, 3.8) is 0 Å². The average molecular weight is 453 g/mol.